The highest BCUT2D eigenvalue weighted by atomic mass is 16.5. The number of hydrogen-bond acceptors (Lipinski definition) is 5. The van der Waals surface area contributed by atoms with Crippen molar-refractivity contribution in [3.63, 3.8) is 0 Å². The summed E-state index contributed by atoms with van der Waals surface area (Å²) in [6.45, 7) is 1.02. The van der Waals surface area contributed by atoms with Crippen LogP contribution in [0.15, 0.2) is 59.2 Å². The average molecular weight is 379 g/mol. The minimum absolute atomic E-state index is 0.113. The second-order valence-electron chi connectivity index (χ2n) is 6.73. The number of ether oxygens (including phenoxy) is 1. The van der Waals surface area contributed by atoms with Gasteiger partial charge in [-0.25, -0.2) is 4.68 Å². The van der Waals surface area contributed by atoms with E-state index in [1.54, 1.807) is 28.0 Å². The zero-order chi connectivity index (χ0) is 19.5. The molecule has 144 valence electrons. The van der Waals surface area contributed by atoms with E-state index in [0.29, 0.717) is 43.1 Å². The molecule has 0 unspecified atom stereocenters. The molecule has 0 atom stereocenters. The van der Waals surface area contributed by atoms with Crippen molar-refractivity contribution in [2.75, 3.05) is 20.2 Å². The van der Waals surface area contributed by atoms with Crippen molar-refractivity contribution in [3.05, 3.63) is 60.5 Å². The lowest BCUT2D eigenvalue weighted by atomic mass is 9.97. The van der Waals surface area contributed by atoms with Gasteiger partial charge in [-0.15, -0.1) is 0 Å². The van der Waals surface area contributed by atoms with Crippen LogP contribution in [-0.4, -0.2) is 46.8 Å². The van der Waals surface area contributed by atoms with Crippen molar-refractivity contribution in [2.24, 2.45) is 5.92 Å². The number of aromatic nitrogens is 2. The Morgan fingerprint density at radius 3 is 2.50 bits per heavy atom. The van der Waals surface area contributed by atoms with E-state index in [9.17, 15) is 9.59 Å². The second kappa shape index (κ2) is 7.72. The van der Waals surface area contributed by atoms with Gasteiger partial charge in [-0.3, -0.25) is 9.59 Å². The zero-order valence-corrected chi connectivity index (χ0v) is 15.6. The number of rotatable bonds is 4. The third-order valence-electron chi connectivity index (χ3n) is 5.02. The van der Waals surface area contributed by atoms with Gasteiger partial charge < -0.3 is 14.1 Å². The van der Waals surface area contributed by atoms with Crippen LogP contribution in [0.25, 0.3) is 17.1 Å². The maximum Gasteiger partial charge on any atom is 0.308 e. The second-order valence-corrected chi connectivity index (χ2v) is 6.73. The fraction of sp³-hybridized carbons (Fsp3) is 0.286. The zero-order valence-electron chi connectivity index (χ0n) is 15.6. The molecule has 0 N–H and O–H groups in total. The third kappa shape index (κ3) is 3.43. The average Bonchev–Trinajstić information content (AvgIpc) is 3.43. The molecular formula is C21H21N3O4. The smallest absolute Gasteiger partial charge is 0.308 e. The molecule has 1 aliphatic heterocycles. The van der Waals surface area contributed by atoms with E-state index in [-0.39, 0.29) is 17.8 Å². The van der Waals surface area contributed by atoms with Crippen molar-refractivity contribution in [1.29, 1.82) is 0 Å². The van der Waals surface area contributed by atoms with Crippen molar-refractivity contribution in [3.8, 4) is 17.1 Å². The highest BCUT2D eigenvalue weighted by molar-refractivity contribution is 5.94. The Morgan fingerprint density at radius 2 is 1.86 bits per heavy atom. The first-order valence-electron chi connectivity index (χ1n) is 9.24. The van der Waals surface area contributed by atoms with Gasteiger partial charge in [-0.1, -0.05) is 18.2 Å². The molecule has 1 aliphatic rings. The van der Waals surface area contributed by atoms with Crippen LogP contribution in [0, 0.1) is 5.92 Å². The van der Waals surface area contributed by atoms with Crippen LogP contribution in [0.5, 0.6) is 0 Å². The van der Waals surface area contributed by atoms with E-state index in [1.807, 2.05) is 36.4 Å². The fourth-order valence-corrected chi connectivity index (χ4v) is 3.49. The predicted molar refractivity (Wildman–Crippen MR) is 102 cm³/mol. The highest BCUT2D eigenvalue weighted by Crippen LogP contribution is 2.25. The molecule has 28 heavy (non-hydrogen) atoms. The minimum atomic E-state index is -0.207. The first-order valence-corrected chi connectivity index (χ1v) is 9.24. The van der Waals surface area contributed by atoms with Crippen LogP contribution >= 0.6 is 0 Å². The maximum atomic E-state index is 13.2. The van der Waals surface area contributed by atoms with Gasteiger partial charge in [-0.2, -0.15) is 5.10 Å². The number of piperidine rings is 1. The number of para-hydroxylation sites is 1. The van der Waals surface area contributed by atoms with Gasteiger partial charge in [0, 0.05) is 19.2 Å². The predicted octanol–water partition coefficient (Wildman–Crippen LogP) is 3.16. The molecular weight excluding hydrogens is 358 g/mol. The molecule has 7 heteroatoms. The van der Waals surface area contributed by atoms with Crippen LogP contribution < -0.4 is 0 Å². The molecule has 0 radical (unpaired) electrons. The number of likely N-dealkylation sites (tertiary alicyclic amines) is 1. The molecule has 7 nitrogen and oxygen atoms in total. The summed E-state index contributed by atoms with van der Waals surface area (Å²) in [7, 11) is 1.40. The van der Waals surface area contributed by atoms with Crippen molar-refractivity contribution >= 4 is 11.9 Å². The summed E-state index contributed by atoms with van der Waals surface area (Å²) >= 11 is 0. The molecule has 3 aromatic rings. The number of amides is 1. The molecule has 1 fully saturated rings. The quantitative estimate of drug-likeness (QED) is 0.651. The first kappa shape index (κ1) is 18.0. The Kier molecular flexibility index (Phi) is 4.97. The number of esters is 1. The lowest BCUT2D eigenvalue weighted by Gasteiger charge is -2.30. The van der Waals surface area contributed by atoms with Crippen LogP contribution in [-0.2, 0) is 9.53 Å². The van der Waals surface area contributed by atoms with E-state index in [4.69, 9.17) is 9.15 Å². The summed E-state index contributed by atoms with van der Waals surface area (Å²) in [5.74, 6) is 0.138. The van der Waals surface area contributed by atoms with Crippen LogP contribution in [0.4, 0.5) is 0 Å². The topological polar surface area (TPSA) is 77.6 Å². The molecule has 1 amide bonds. The van der Waals surface area contributed by atoms with Crippen molar-refractivity contribution < 1.29 is 18.7 Å². The lowest BCUT2D eigenvalue weighted by molar-refractivity contribution is -0.146. The highest BCUT2D eigenvalue weighted by Gasteiger charge is 2.30. The number of carbonyl (C=O) groups excluding carboxylic acids is 2. The lowest BCUT2D eigenvalue weighted by Crippen LogP contribution is -2.41. The first-order chi connectivity index (χ1) is 13.7. The summed E-state index contributed by atoms with van der Waals surface area (Å²) in [4.78, 5) is 26.7. The molecule has 1 saturated heterocycles. The Balaban J connectivity index is 1.63. The molecule has 2 aromatic heterocycles. The summed E-state index contributed by atoms with van der Waals surface area (Å²) in [5.41, 5.74) is 1.86. The molecule has 4 rings (SSSR count). The number of furan rings is 1. The third-order valence-corrected chi connectivity index (χ3v) is 5.02. The normalized spacial score (nSPS) is 14.8. The fourth-order valence-electron chi connectivity index (χ4n) is 3.49. The number of hydrogen-bond donors (Lipinski definition) is 0. The van der Waals surface area contributed by atoms with Gasteiger partial charge in [0.05, 0.1) is 25.0 Å². The molecule has 3 heterocycles. The Bertz CT molecular complexity index is 955. The van der Waals surface area contributed by atoms with E-state index in [2.05, 4.69) is 5.10 Å². The van der Waals surface area contributed by atoms with Crippen molar-refractivity contribution in [1.82, 2.24) is 14.7 Å². The maximum absolute atomic E-state index is 13.2. The van der Waals surface area contributed by atoms with E-state index in [0.717, 1.165) is 5.69 Å². The Morgan fingerprint density at radius 1 is 1.11 bits per heavy atom. The SMILES string of the molecule is COC(=O)C1CCN(C(=O)c2cc(-c3ccco3)nn2-c2ccccc2)CC1. The number of carbonyl (C=O) groups is 2. The Labute approximate surface area is 162 Å². The van der Waals surface area contributed by atoms with E-state index in [1.165, 1.54) is 7.11 Å². The molecule has 0 bridgehead atoms. The Hall–Kier alpha value is -3.35. The summed E-state index contributed by atoms with van der Waals surface area (Å²) in [5, 5.41) is 4.60. The molecule has 0 saturated carbocycles. The van der Waals surface area contributed by atoms with Gasteiger partial charge in [0.2, 0.25) is 0 Å². The standard InChI is InChI=1S/C21H21N3O4/c1-27-21(26)15-9-11-23(12-10-15)20(25)18-14-17(19-8-5-13-28-19)22-24(18)16-6-3-2-4-7-16/h2-8,13-15H,9-12H2,1H3. The largest absolute Gasteiger partial charge is 0.469 e. The van der Waals surface area contributed by atoms with Gasteiger partial charge in [0.15, 0.2) is 5.76 Å². The van der Waals surface area contributed by atoms with Gasteiger partial charge in [0.25, 0.3) is 5.91 Å². The minimum Gasteiger partial charge on any atom is -0.469 e. The van der Waals surface area contributed by atoms with Crippen molar-refractivity contribution in [2.45, 2.75) is 12.8 Å². The van der Waals surface area contributed by atoms with Crippen LogP contribution in [0.3, 0.4) is 0 Å². The monoisotopic (exact) mass is 379 g/mol. The van der Waals surface area contributed by atoms with Gasteiger partial charge >= 0.3 is 5.97 Å². The van der Waals surface area contributed by atoms with E-state index < -0.39 is 0 Å². The van der Waals surface area contributed by atoms with Gasteiger partial charge in [-0.05, 0) is 37.1 Å². The number of benzene rings is 1. The van der Waals surface area contributed by atoms with Crippen LogP contribution in [0.1, 0.15) is 23.3 Å². The number of nitrogens with zero attached hydrogens (tertiary/aromatic N) is 3. The molecule has 0 spiro atoms. The summed E-state index contributed by atoms with van der Waals surface area (Å²) < 4.78 is 11.9. The molecule has 0 aliphatic carbocycles. The number of methoxy groups -OCH3 is 1. The van der Waals surface area contributed by atoms with E-state index >= 15 is 0 Å². The van der Waals surface area contributed by atoms with Gasteiger partial charge in [0.1, 0.15) is 11.4 Å². The summed E-state index contributed by atoms with van der Waals surface area (Å²) in [6.07, 6.45) is 2.78. The summed E-state index contributed by atoms with van der Waals surface area (Å²) in [6, 6.07) is 14.9. The van der Waals surface area contributed by atoms with Crippen LogP contribution in [0.2, 0.25) is 0 Å². The molecule has 1 aromatic carbocycles.